The van der Waals surface area contributed by atoms with Crippen molar-refractivity contribution >= 4 is 5.91 Å². The predicted octanol–water partition coefficient (Wildman–Crippen LogP) is 3.99. The average molecular weight is 447 g/mol. The molecular weight excluding hydrogens is 408 g/mol. The Balaban J connectivity index is 1.45. The third-order valence-electron chi connectivity index (χ3n) is 7.41. The molecule has 1 aromatic carbocycles. The lowest BCUT2D eigenvalue weighted by Gasteiger charge is -2.49. The second-order valence-corrected chi connectivity index (χ2v) is 9.34. The highest BCUT2D eigenvalue weighted by molar-refractivity contribution is 5.95. The van der Waals surface area contributed by atoms with Gasteiger partial charge in [-0.25, -0.2) is 0 Å². The van der Waals surface area contributed by atoms with Gasteiger partial charge in [0, 0.05) is 11.6 Å². The summed E-state index contributed by atoms with van der Waals surface area (Å²) in [5.74, 6) is 2.04. The summed E-state index contributed by atoms with van der Waals surface area (Å²) in [4.78, 5) is 15.8. The van der Waals surface area contributed by atoms with Gasteiger partial charge in [-0.05, 0) is 43.9 Å². The van der Waals surface area contributed by atoms with Gasteiger partial charge in [0.1, 0.15) is 6.23 Å². The molecule has 3 unspecified atom stereocenters. The van der Waals surface area contributed by atoms with Gasteiger partial charge in [0.15, 0.2) is 11.5 Å². The summed E-state index contributed by atoms with van der Waals surface area (Å²) in [5.41, 5.74) is 0.467. The maximum Gasteiger partial charge on any atom is 0.253 e. The number of hydrogen-bond acceptors (Lipinski definition) is 6. The van der Waals surface area contributed by atoms with Crippen molar-refractivity contribution in [1.29, 1.82) is 0 Å². The van der Waals surface area contributed by atoms with Crippen LogP contribution >= 0.6 is 0 Å². The summed E-state index contributed by atoms with van der Waals surface area (Å²) in [5, 5.41) is 3.14. The molecule has 3 fully saturated rings. The Morgan fingerprint density at radius 2 is 1.69 bits per heavy atom. The van der Waals surface area contributed by atoms with E-state index in [4.69, 9.17) is 18.9 Å². The van der Waals surface area contributed by atoms with Crippen LogP contribution in [0.5, 0.6) is 17.2 Å². The van der Waals surface area contributed by atoms with Gasteiger partial charge in [-0.15, -0.1) is 0 Å². The number of amides is 1. The number of piperidine rings is 1. The van der Waals surface area contributed by atoms with E-state index in [9.17, 15) is 4.79 Å². The van der Waals surface area contributed by atoms with E-state index in [1.165, 1.54) is 51.4 Å². The van der Waals surface area contributed by atoms with Crippen LogP contribution in [-0.4, -0.2) is 63.6 Å². The number of morpholine rings is 1. The van der Waals surface area contributed by atoms with E-state index in [0.717, 1.165) is 18.9 Å². The molecule has 2 saturated heterocycles. The van der Waals surface area contributed by atoms with Gasteiger partial charge in [0.05, 0.1) is 34.0 Å². The SMILES string of the molecule is COc1cc(C(=O)NC2OCC(CC3CCCCC3)N3CCCCC23)cc(OC)c1OC. The van der Waals surface area contributed by atoms with Gasteiger partial charge in [-0.3, -0.25) is 9.69 Å². The summed E-state index contributed by atoms with van der Waals surface area (Å²) in [6.45, 7) is 1.79. The molecule has 2 heterocycles. The first-order chi connectivity index (χ1) is 15.6. The minimum Gasteiger partial charge on any atom is -0.493 e. The lowest BCUT2D eigenvalue weighted by molar-refractivity contribution is -0.129. The van der Waals surface area contributed by atoms with Crippen LogP contribution < -0.4 is 19.5 Å². The number of carbonyl (C=O) groups excluding carboxylic acids is 1. The zero-order valence-electron chi connectivity index (χ0n) is 19.7. The van der Waals surface area contributed by atoms with Crippen molar-refractivity contribution in [3.8, 4) is 17.2 Å². The number of ether oxygens (including phenoxy) is 4. The summed E-state index contributed by atoms with van der Waals surface area (Å²) >= 11 is 0. The van der Waals surface area contributed by atoms with E-state index in [2.05, 4.69) is 10.2 Å². The smallest absolute Gasteiger partial charge is 0.253 e. The van der Waals surface area contributed by atoms with E-state index in [-0.39, 0.29) is 18.2 Å². The lowest BCUT2D eigenvalue weighted by Crippen LogP contribution is -2.63. The van der Waals surface area contributed by atoms with Gasteiger partial charge < -0.3 is 24.3 Å². The minimum atomic E-state index is -0.301. The summed E-state index contributed by atoms with van der Waals surface area (Å²) in [7, 11) is 4.66. The van der Waals surface area contributed by atoms with Crippen LogP contribution in [0.25, 0.3) is 0 Å². The number of fused-ring (bicyclic) bond motifs is 1. The van der Waals surface area contributed by atoms with Crippen LogP contribution in [0.4, 0.5) is 0 Å². The van der Waals surface area contributed by atoms with Crippen LogP contribution in [0.2, 0.25) is 0 Å². The highest BCUT2D eigenvalue weighted by Gasteiger charge is 2.41. The summed E-state index contributed by atoms with van der Waals surface area (Å²) in [6.07, 6.45) is 11.2. The van der Waals surface area contributed by atoms with Crippen molar-refractivity contribution in [2.24, 2.45) is 5.92 Å². The van der Waals surface area contributed by atoms with E-state index in [0.29, 0.717) is 35.5 Å². The molecule has 1 aromatic rings. The fourth-order valence-corrected chi connectivity index (χ4v) is 5.75. The number of nitrogens with one attached hydrogen (secondary N) is 1. The number of nitrogens with zero attached hydrogens (tertiary/aromatic N) is 1. The van der Waals surface area contributed by atoms with Crippen LogP contribution in [0.15, 0.2) is 12.1 Å². The fraction of sp³-hybridized carbons (Fsp3) is 0.720. The molecule has 0 spiro atoms. The molecule has 2 aliphatic heterocycles. The van der Waals surface area contributed by atoms with Crippen molar-refractivity contribution in [1.82, 2.24) is 10.2 Å². The van der Waals surface area contributed by atoms with Gasteiger partial charge in [-0.1, -0.05) is 38.5 Å². The lowest BCUT2D eigenvalue weighted by atomic mass is 9.83. The minimum absolute atomic E-state index is 0.189. The standard InChI is InChI=1S/C25H38N2O5/c1-29-21-14-18(15-22(30-2)23(21)31-3)24(28)26-25-20-11-7-8-12-27(20)19(16-32-25)13-17-9-5-4-6-10-17/h14-15,17,19-20,25H,4-13,16H2,1-3H3,(H,26,28). The Morgan fingerprint density at radius 1 is 1.00 bits per heavy atom. The van der Waals surface area contributed by atoms with Gasteiger partial charge in [0.25, 0.3) is 5.91 Å². The quantitative estimate of drug-likeness (QED) is 0.683. The monoisotopic (exact) mass is 446 g/mol. The number of benzene rings is 1. The molecule has 7 nitrogen and oxygen atoms in total. The molecule has 1 aliphatic carbocycles. The van der Waals surface area contributed by atoms with Crippen LogP contribution in [-0.2, 0) is 4.74 Å². The predicted molar refractivity (Wildman–Crippen MR) is 123 cm³/mol. The molecule has 4 rings (SSSR count). The molecule has 0 aromatic heterocycles. The number of rotatable bonds is 7. The highest BCUT2D eigenvalue weighted by atomic mass is 16.5. The van der Waals surface area contributed by atoms with Crippen LogP contribution in [0.1, 0.15) is 68.1 Å². The van der Waals surface area contributed by atoms with Crippen molar-refractivity contribution in [2.45, 2.75) is 76.1 Å². The van der Waals surface area contributed by atoms with Crippen molar-refractivity contribution in [3.05, 3.63) is 17.7 Å². The summed E-state index contributed by atoms with van der Waals surface area (Å²) in [6, 6.07) is 4.07. The zero-order chi connectivity index (χ0) is 22.5. The van der Waals surface area contributed by atoms with Gasteiger partial charge in [0.2, 0.25) is 5.75 Å². The molecule has 1 N–H and O–H groups in total. The van der Waals surface area contributed by atoms with Crippen molar-refractivity contribution in [2.75, 3.05) is 34.5 Å². The van der Waals surface area contributed by atoms with Crippen molar-refractivity contribution < 1.29 is 23.7 Å². The highest BCUT2D eigenvalue weighted by Crippen LogP contribution is 2.38. The van der Waals surface area contributed by atoms with Gasteiger partial charge >= 0.3 is 0 Å². The first kappa shape index (κ1) is 23.2. The molecule has 32 heavy (non-hydrogen) atoms. The summed E-state index contributed by atoms with van der Waals surface area (Å²) < 4.78 is 22.5. The molecular formula is C25H38N2O5. The Bertz CT molecular complexity index is 755. The largest absolute Gasteiger partial charge is 0.493 e. The Hall–Kier alpha value is -1.99. The van der Waals surface area contributed by atoms with Crippen LogP contribution in [0.3, 0.4) is 0 Å². The van der Waals surface area contributed by atoms with E-state index in [1.807, 2.05) is 0 Å². The maximum absolute atomic E-state index is 13.2. The molecule has 1 amide bonds. The average Bonchev–Trinajstić information content (AvgIpc) is 2.85. The molecule has 0 radical (unpaired) electrons. The Kier molecular flexibility index (Phi) is 7.79. The molecule has 178 valence electrons. The fourth-order valence-electron chi connectivity index (χ4n) is 5.75. The first-order valence-electron chi connectivity index (χ1n) is 12.1. The number of hydrogen-bond donors (Lipinski definition) is 1. The Morgan fingerprint density at radius 3 is 2.34 bits per heavy atom. The van der Waals surface area contributed by atoms with Gasteiger partial charge in [-0.2, -0.15) is 0 Å². The topological polar surface area (TPSA) is 69.3 Å². The first-order valence-corrected chi connectivity index (χ1v) is 12.1. The Labute approximate surface area is 191 Å². The normalized spacial score (nSPS) is 26.8. The van der Waals surface area contributed by atoms with E-state index < -0.39 is 0 Å². The second-order valence-electron chi connectivity index (χ2n) is 9.34. The third kappa shape index (κ3) is 4.99. The van der Waals surface area contributed by atoms with Crippen molar-refractivity contribution in [3.63, 3.8) is 0 Å². The maximum atomic E-state index is 13.2. The molecule has 3 aliphatic rings. The van der Waals surface area contributed by atoms with Crippen LogP contribution in [0, 0.1) is 5.92 Å². The second kappa shape index (κ2) is 10.8. The molecule has 1 saturated carbocycles. The number of methoxy groups -OCH3 is 3. The van der Waals surface area contributed by atoms with E-state index in [1.54, 1.807) is 33.5 Å². The molecule has 3 atom stereocenters. The zero-order valence-corrected chi connectivity index (χ0v) is 19.7. The molecule has 0 bridgehead atoms. The van der Waals surface area contributed by atoms with E-state index >= 15 is 0 Å². The molecule has 7 heteroatoms. The number of carbonyl (C=O) groups is 1. The third-order valence-corrected chi connectivity index (χ3v) is 7.41.